The van der Waals surface area contributed by atoms with Gasteiger partial charge in [0.1, 0.15) is 11.6 Å². The molecule has 20 heavy (non-hydrogen) atoms. The third kappa shape index (κ3) is 3.41. The summed E-state index contributed by atoms with van der Waals surface area (Å²) in [6.07, 6.45) is -4.46. The predicted molar refractivity (Wildman–Crippen MR) is 73.0 cm³/mol. The Bertz CT molecular complexity index is 617. The second-order valence-electron chi connectivity index (χ2n) is 3.86. The van der Waals surface area contributed by atoms with E-state index in [0.717, 1.165) is 12.1 Å². The molecule has 1 aromatic carbocycles. The molecule has 0 amide bonds. The molecule has 0 radical (unpaired) electrons. The normalized spacial score (nSPS) is 11.2. The molecular weight excluding hydrogens is 337 g/mol. The van der Waals surface area contributed by atoms with Crippen molar-refractivity contribution in [3.05, 3.63) is 46.4 Å². The summed E-state index contributed by atoms with van der Waals surface area (Å²) >= 11 is 3.26. The maximum Gasteiger partial charge on any atom is 0.416 e. The first-order chi connectivity index (χ1) is 9.40. The molecule has 0 bridgehead atoms. The van der Waals surface area contributed by atoms with E-state index in [1.54, 1.807) is 24.3 Å². The summed E-state index contributed by atoms with van der Waals surface area (Å²) in [4.78, 5) is 3.95. The highest BCUT2D eigenvalue weighted by Gasteiger charge is 2.32. The zero-order valence-electron chi connectivity index (χ0n) is 10.3. The van der Waals surface area contributed by atoms with Crippen LogP contribution >= 0.6 is 15.9 Å². The second-order valence-corrected chi connectivity index (χ2v) is 4.71. The van der Waals surface area contributed by atoms with Gasteiger partial charge in [0.15, 0.2) is 0 Å². The van der Waals surface area contributed by atoms with Gasteiger partial charge in [-0.15, -0.1) is 0 Å². The number of para-hydroxylation sites is 1. The van der Waals surface area contributed by atoms with Gasteiger partial charge in [0.25, 0.3) is 0 Å². The summed E-state index contributed by atoms with van der Waals surface area (Å²) in [6, 6.07) is 8.63. The lowest BCUT2D eigenvalue weighted by Crippen LogP contribution is -2.07. The molecule has 1 N–H and O–H groups in total. The van der Waals surface area contributed by atoms with Gasteiger partial charge in [-0.2, -0.15) is 18.2 Å². The Labute approximate surface area is 121 Å². The van der Waals surface area contributed by atoms with E-state index in [4.69, 9.17) is 4.74 Å². The molecule has 0 saturated heterocycles. The fourth-order valence-electron chi connectivity index (χ4n) is 1.49. The van der Waals surface area contributed by atoms with Gasteiger partial charge in [-0.3, -0.25) is 0 Å². The van der Waals surface area contributed by atoms with E-state index in [0.29, 0.717) is 10.2 Å². The van der Waals surface area contributed by atoms with Crippen molar-refractivity contribution in [2.24, 2.45) is 0 Å². The number of alkyl halides is 3. The Balaban J connectivity index is 2.39. The van der Waals surface area contributed by atoms with E-state index < -0.39 is 11.7 Å². The van der Waals surface area contributed by atoms with E-state index in [1.165, 1.54) is 7.05 Å². The first-order valence-corrected chi connectivity index (χ1v) is 6.39. The molecule has 0 atom stereocenters. The van der Waals surface area contributed by atoms with Crippen molar-refractivity contribution >= 4 is 21.7 Å². The minimum atomic E-state index is -4.46. The van der Waals surface area contributed by atoms with Crippen molar-refractivity contribution in [3.63, 3.8) is 0 Å². The van der Waals surface area contributed by atoms with Gasteiger partial charge < -0.3 is 10.1 Å². The van der Waals surface area contributed by atoms with Crippen molar-refractivity contribution in [3.8, 4) is 11.6 Å². The molecular formula is C13H10BrF3N2O. The maximum atomic E-state index is 12.8. The van der Waals surface area contributed by atoms with Crippen LogP contribution in [-0.4, -0.2) is 12.0 Å². The Morgan fingerprint density at radius 3 is 2.50 bits per heavy atom. The van der Waals surface area contributed by atoms with Crippen molar-refractivity contribution in [2.75, 3.05) is 12.4 Å². The quantitative estimate of drug-likeness (QED) is 0.874. The summed E-state index contributed by atoms with van der Waals surface area (Å²) < 4.78 is 44.4. The molecule has 106 valence electrons. The van der Waals surface area contributed by atoms with E-state index in [1.807, 2.05) is 0 Å². The first kappa shape index (κ1) is 14.6. The average molecular weight is 347 g/mol. The highest BCUT2D eigenvalue weighted by atomic mass is 79.9. The Kier molecular flexibility index (Phi) is 4.17. The van der Waals surface area contributed by atoms with Crippen LogP contribution in [0, 0.1) is 0 Å². The fraction of sp³-hybridized carbons (Fsp3) is 0.154. The minimum Gasteiger partial charge on any atom is -0.438 e. The largest absolute Gasteiger partial charge is 0.438 e. The first-order valence-electron chi connectivity index (χ1n) is 5.59. The van der Waals surface area contributed by atoms with Crippen LogP contribution in [0.25, 0.3) is 0 Å². The van der Waals surface area contributed by atoms with Crippen LogP contribution in [-0.2, 0) is 6.18 Å². The van der Waals surface area contributed by atoms with Gasteiger partial charge in [-0.05, 0) is 34.1 Å². The number of pyridine rings is 1. The number of hydrogen-bond acceptors (Lipinski definition) is 3. The van der Waals surface area contributed by atoms with Gasteiger partial charge in [-0.25, -0.2) is 0 Å². The molecule has 0 aliphatic heterocycles. The molecule has 0 aliphatic rings. The molecule has 2 aromatic rings. The maximum absolute atomic E-state index is 12.8. The molecule has 7 heteroatoms. The summed E-state index contributed by atoms with van der Waals surface area (Å²) in [6.45, 7) is 0. The van der Waals surface area contributed by atoms with Gasteiger partial charge in [0, 0.05) is 13.1 Å². The molecule has 2 rings (SSSR count). The predicted octanol–water partition coefficient (Wildman–Crippen LogP) is 4.70. The van der Waals surface area contributed by atoms with Crippen LogP contribution in [0.1, 0.15) is 5.56 Å². The minimum absolute atomic E-state index is 0.0851. The Hall–Kier alpha value is -1.76. The van der Waals surface area contributed by atoms with E-state index in [2.05, 4.69) is 26.2 Å². The van der Waals surface area contributed by atoms with E-state index >= 15 is 0 Å². The third-order valence-corrected chi connectivity index (χ3v) is 3.09. The summed E-state index contributed by atoms with van der Waals surface area (Å²) in [5.74, 6) is 0.347. The fourth-order valence-corrected chi connectivity index (χ4v) is 1.86. The van der Waals surface area contributed by atoms with Crippen LogP contribution in [0.4, 0.5) is 19.0 Å². The topological polar surface area (TPSA) is 34.1 Å². The van der Waals surface area contributed by atoms with Crippen LogP contribution in [0.3, 0.4) is 0 Å². The number of hydrogen-bond donors (Lipinski definition) is 1. The number of aromatic nitrogens is 1. The number of anilines is 1. The lowest BCUT2D eigenvalue weighted by Gasteiger charge is -2.12. The number of nitrogens with zero attached hydrogens (tertiary/aromatic N) is 1. The highest BCUT2D eigenvalue weighted by Crippen LogP contribution is 2.35. The van der Waals surface area contributed by atoms with Crippen LogP contribution in [0.15, 0.2) is 40.9 Å². The highest BCUT2D eigenvalue weighted by molar-refractivity contribution is 9.10. The van der Waals surface area contributed by atoms with Crippen molar-refractivity contribution in [2.45, 2.75) is 6.18 Å². The standard InChI is InChI=1S/C13H10BrF3N2O/c1-18-11-6-8(13(15,16)17)7-12(19-11)20-10-5-3-2-4-9(10)14/h2-7H,1H3,(H,18,19). The van der Waals surface area contributed by atoms with Crippen LogP contribution in [0.2, 0.25) is 0 Å². The molecule has 1 aromatic heterocycles. The SMILES string of the molecule is CNc1cc(C(F)(F)F)cc(Oc2ccccc2Br)n1. The van der Waals surface area contributed by atoms with E-state index in [-0.39, 0.29) is 11.7 Å². The van der Waals surface area contributed by atoms with Gasteiger partial charge >= 0.3 is 6.18 Å². The van der Waals surface area contributed by atoms with Crippen LogP contribution in [0.5, 0.6) is 11.6 Å². The summed E-state index contributed by atoms with van der Waals surface area (Å²) in [5.41, 5.74) is -0.820. The Morgan fingerprint density at radius 1 is 1.20 bits per heavy atom. The average Bonchev–Trinajstić information content (AvgIpc) is 2.40. The van der Waals surface area contributed by atoms with E-state index in [9.17, 15) is 13.2 Å². The van der Waals surface area contributed by atoms with Crippen molar-refractivity contribution in [1.82, 2.24) is 4.98 Å². The van der Waals surface area contributed by atoms with Gasteiger partial charge in [0.05, 0.1) is 10.0 Å². The van der Waals surface area contributed by atoms with Crippen molar-refractivity contribution < 1.29 is 17.9 Å². The third-order valence-electron chi connectivity index (χ3n) is 2.44. The number of nitrogens with one attached hydrogen (secondary N) is 1. The lowest BCUT2D eigenvalue weighted by molar-refractivity contribution is -0.137. The molecule has 0 spiro atoms. The lowest BCUT2D eigenvalue weighted by atomic mass is 10.2. The molecule has 3 nitrogen and oxygen atoms in total. The van der Waals surface area contributed by atoms with Gasteiger partial charge in [0.2, 0.25) is 5.88 Å². The number of ether oxygens (including phenoxy) is 1. The zero-order chi connectivity index (χ0) is 14.8. The molecule has 0 unspecified atom stereocenters. The smallest absolute Gasteiger partial charge is 0.416 e. The van der Waals surface area contributed by atoms with Gasteiger partial charge in [-0.1, -0.05) is 12.1 Å². The molecule has 1 heterocycles. The van der Waals surface area contributed by atoms with Crippen molar-refractivity contribution in [1.29, 1.82) is 0 Å². The summed E-state index contributed by atoms with van der Waals surface area (Å²) in [5, 5.41) is 2.58. The number of rotatable bonds is 3. The monoisotopic (exact) mass is 346 g/mol. The molecule has 0 saturated carbocycles. The number of halogens is 4. The number of benzene rings is 1. The Morgan fingerprint density at radius 2 is 1.90 bits per heavy atom. The zero-order valence-corrected chi connectivity index (χ0v) is 11.9. The summed E-state index contributed by atoms with van der Waals surface area (Å²) in [7, 11) is 1.49. The second kappa shape index (κ2) is 5.70. The molecule has 0 aliphatic carbocycles. The molecule has 0 fully saturated rings. The van der Waals surface area contributed by atoms with Crippen LogP contribution < -0.4 is 10.1 Å².